The zero-order valence-electron chi connectivity index (χ0n) is 11.5. The number of aryl methyl sites for hydroxylation is 1. The van der Waals surface area contributed by atoms with Crippen LogP contribution in [0.1, 0.15) is 29.3 Å². The summed E-state index contributed by atoms with van der Waals surface area (Å²) in [6.45, 7) is 1.82. The van der Waals surface area contributed by atoms with E-state index in [1.807, 2.05) is 13.0 Å². The summed E-state index contributed by atoms with van der Waals surface area (Å²) in [4.78, 5) is 15.3. The van der Waals surface area contributed by atoms with E-state index in [2.05, 4.69) is 25.8 Å². The van der Waals surface area contributed by atoms with Gasteiger partial charge in [0.15, 0.2) is 5.82 Å². The normalized spacial score (nSPS) is 12.5. The minimum atomic E-state index is -0.299. The van der Waals surface area contributed by atoms with Crippen molar-refractivity contribution in [3.63, 3.8) is 0 Å². The van der Waals surface area contributed by atoms with E-state index in [0.29, 0.717) is 16.5 Å². The third-order valence-electron chi connectivity index (χ3n) is 3.22. The molecular formula is C13H13ClN6O. The first-order chi connectivity index (χ1) is 10.0. The third-order valence-corrected chi connectivity index (χ3v) is 3.45. The molecule has 3 aromatic rings. The molecule has 21 heavy (non-hydrogen) atoms. The van der Waals surface area contributed by atoms with Gasteiger partial charge in [0.25, 0.3) is 5.91 Å². The van der Waals surface area contributed by atoms with E-state index in [9.17, 15) is 4.79 Å². The molecule has 8 heteroatoms. The minimum Gasteiger partial charge on any atom is -0.350 e. The fourth-order valence-corrected chi connectivity index (χ4v) is 2.34. The van der Waals surface area contributed by atoms with Gasteiger partial charge in [-0.25, -0.2) is 4.68 Å². The Morgan fingerprint density at radius 2 is 2.24 bits per heavy atom. The van der Waals surface area contributed by atoms with Crippen LogP contribution in [0, 0.1) is 0 Å². The van der Waals surface area contributed by atoms with Crippen molar-refractivity contribution in [1.82, 2.24) is 30.5 Å². The second-order valence-electron chi connectivity index (χ2n) is 4.77. The zero-order valence-corrected chi connectivity index (χ0v) is 12.2. The number of halogens is 1. The topological polar surface area (TPSA) is 88.5 Å². The van der Waals surface area contributed by atoms with Crippen LogP contribution < -0.4 is 5.32 Å². The second kappa shape index (κ2) is 5.17. The van der Waals surface area contributed by atoms with Gasteiger partial charge in [0.2, 0.25) is 0 Å². The van der Waals surface area contributed by atoms with Gasteiger partial charge < -0.3 is 10.3 Å². The number of H-pyrrole nitrogens is 1. The Morgan fingerprint density at radius 1 is 1.43 bits per heavy atom. The van der Waals surface area contributed by atoms with Crippen molar-refractivity contribution < 1.29 is 4.79 Å². The molecule has 0 bridgehead atoms. The Bertz CT molecular complexity index is 808. The molecule has 1 amide bonds. The Hall–Kier alpha value is -2.41. The molecule has 3 rings (SSSR count). The number of fused-ring (bicyclic) bond motifs is 1. The summed E-state index contributed by atoms with van der Waals surface area (Å²) in [5.74, 6) is 0.361. The third kappa shape index (κ3) is 2.59. The number of rotatable bonds is 3. The van der Waals surface area contributed by atoms with Crippen LogP contribution in [0.15, 0.2) is 24.3 Å². The highest BCUT2D eigenvalue weighted by molar-refractivity contribution is 6.31. The van der Waals surface area contributed by atoms with Crippen molar-refractivity contribution in [1.29, 1.82) is 0 Å². The molecule has 0 fully saturated rings. The summed E-state index contributed by atoms with van der Waals surface area (Å²) < 4.78 is 1.52. The predicted molar refractivity (Wildman–Crippen MR) is 78.0 cm³/mol. The van der Waals surface area contributed by atoms with E-state index in [1.165, 1.54) is 4.68 Å². The first-order valence-corrected chi connectivity index (χ1v) is 6.74. The average molecular weight is 305 g/mol. The summed E-state index contributed by atoms with van der Waals surface area (Å²) in [5.41, 5.74) is 1.29. The quantitative estimate of drug-likeness (QED) is 0.772. The number of amides is 1. The van der Waals surface area contributed by atoms with E-state index >= 15 is 0 Å². The molecule has 0 radical (unpaired) electrons. The van der Waals surface area contributed by atoms with Crippen LogP contribution in [0.4, 0.5) is 0 Å². The van der Waals surface area contributed by atoms with Crippen LogP contribution in [0.25, 0.3) is 10.9 Å². The van der Waals surface area contributed by atoms with Gasteiger partial charge >= 0.3 is 0 Å². The van der Waals surface area contributed by atoms with Crippen molar-refractivity contribution in [2.24, 2.45) is 7.05 Å². The first kappa shape index (κ1) is 13.6. The molecule has 1 atom stereocenters. The maximum Gasteiger partial charge on any atom is 0.268 e. The Labute approximate surface area is 125 Å². The van der Waals surface area contributed by atoms with Gasteiger partial charge in [0.05, 0.1) is 6.04 Å². The lowest BCUT2D eigenvalue weighted by Crippen LogP contribution is -2.28. The van der Waals surface area contributed by atoms with E-state index in [0.717, 1.165) is 10.9 Å². The van der Waals surface area contributed by atoms with Gasteiger partial charge in [0, 0.05) is 23.0 Å². The van der Waals surface area contributed by atoms with Crippen molar-refractivity contribution >= 4 is 28.4 Å². The molecule has 0 unspecified atom stereocenters. The maximum absolute atomic E-state index is 12.3. The number of aromatic nitrogens is 5. The van der Waals surface area contributed by atoms with Gasteiger partial charge in [-0.2, -0.15) is 0 Å². The number of tetrazole rings is 1. The van der Waals surface area contributed by atoms with Gasteiger partial charge in [-0.3, -0.25) is 4.79 Å². The van der Waals surface area contributed by atoms with Crippen molar-refractivity contribution in [3.8, 4) is 0 Å². The molecule has 2 N–H and O–H groups in total. The van der Waals surface area contributed by atoms with Gasteiger partial charge in [-0.15, -0.1) is 5.10 Å². The van der Waals surface area contributed by atoms with Crippen LogP contribution >= 0.6 is 11.6 Å². The van der Waals surface area contributed by atoms with Crippen LogP contribution in [0.5, 0.6) is 0 Å². The number of nitrogens with one attached hydrogen (secondary N) is 2. The molecular weight excluding hydrogens is 292 g/mol. The fraction of sp³-hybridized carbons (Fsp3) is 0.231. The van der Waals surface area contributed by atoms with Crippen molar-refractivity contribution in [2.45, 2.75) is 13.0 Å². The number of carbonyl (C=O) groups excluding carboxylic acids is 1. The van der Waals surface area contributed by atoms with Crippen molar-refractivity contribution in [3.05, 3.63) is 40.8 Å². The number of benzene rings is 1. The lowest BCUT2D eigenvalue weighted by atomic mass is 10.2. The van der Waals surface area contributed by atoms with E-state index in [4.69, 9.17) is 11.6 Å². The van der Waals surface area contributed by atoms with E-state index in [1.54, 1.807) is 25.2 Å². The van der Waals surface area contributed by atoms with Gasteiger partial charge in [0.1, 0.15) is 5.69 Å². The van der Waals surface area contributed by atoms with Crippen LogP contribution in [-0.2, 0) is 7.05 Å². The number of carbonyl (C=O) groups is 1. The highest BCUT2D eigenvalue weighted by Gasteiger charge is 2.17. The Balaban J connectivity index is 1.82. The second-order valence-corrected chi connectivity index (χ2v) is 5.21. The molecule has 1 aromatic carbocycles. The van der Waals surface area contributed by atoms with Crippen molar-refractivity contribution in [2.75, 3.05) is 0 Å². The Morgan fingerprint density at radius 3 is 2.95 bits per heavy atom. The molecule has 0 aliphatic carbocycles. The molecule has 108 valence electrons. The van der Waals surface area contributed by atoms with Gasteiger partial charge in [-0.1, -0.05) is 17.7 Å². The SMILES string of the molecule is C[C@H](NC(=O)c1cc2ccc(Cl)cc2[nH]1)c1nnnn1C. The number of aromatic amines is 1. The number of nitrogens with zero attached hydrogens (tertiary/aromatic N) is 4. The maximum atomic E-state index is 12.3. The monoisotopic (exact) mass is 304 g/mol. The van der Waals surface area contributed by atoms with Gasteiger partial charge in [-0.05, 0) is 35.5 Å². The zero-order chi connectivity index (χ0) is 15.0. The first-order valence-electron chi connectivity index (χ1n) is 6.36. The lowest BCUT2D eigenvalue weighted by molar-refractivity contribution is 0.0933. The molecule has 7 nitrogen and oxygen atoms in total. The summed E-state index contributed by atoms with van der Waals surface area (Å²) in [5, 5.41) is 15.6. The van der Waals surface area contributed by atoms with E-state index in [-0.39, 0.29) is 11.9 Å². The molecule has 0 aliphatic heterocycles. The molecule has 0 aliphatic rings. The highest BCUT2D eigenvalue weighted by atomic mass is 35.5. The average Bonchev–Trinajstić information content (AvgIpc) is 3.04. The van der Waals surface area contributed by atoms with Crippen LogP contribution in [0.3, 0.4) is 0 Å². The highest BCUT2D eigenvalue weighted by Crippen LogP contribution is 2.20. The lowest BCUT2D eigenvalue weighted by Gasteiger charge is -2.11. The van der Waals surface area contributed by atoms with Crippen LogP contribution in [0.2, 0.25) is 5.02 Å². The summed E-state index contributed by atoms with van der Waals surface area (Å²) >= 11 is 5.93. The summed E-state index contributed by atoms with van der Waals surface area (Å²) in [7, 11) is 1.73. The summed E-state index contributed by atoms with van der Waals surface area (Å²) in [6.07, 6.45) is 0. The molecule has 2 heterocycles. The number of hydrogen-bond donors (Lipinski definition) is 2. The smallest absolute Gasteiger partial charge is 0.268 e. The minimum absolute atomic E-state index is 0.224. The Kier molecular flexibility index (Phi) is 3.34. The standard InChI is InChI=1S/C13H13ClN6O/c1-7(12-17-18-19-20(12)2)15-13(21)11-5-8-3-4-9(14)6-10(8)16-11/h3-7,16H,1-2H3,(H,15,21)/t7-/m0/s1. The number of hydrogen-bond acceptors (Lipinski definition) is 4. The largest absolute Gasteiger partial charge is 0.350 e. The molecule has 2 aromatic heterocycles. The molecule has 0 saturated carbocycles. The molecule has 0 saturated heterocycles. The fourth-order valence-electron chi connectivity index (χ4n) is 2.16. The molecule has 0 spiro atoms. The van der Waals surface area contributed by atoms with E-state index < -0.39 is 0 Å². The van der Waals surface area contributed by atoms with Crippen LogP contribution in [-0.4, -0.2) is 31.1 Å². The predicted octanol–water partition coefficient (Wildman–Crippen LogP) is 1.84. The summed E-state index contributed by atoms with van der Waals surface area (Å²) in [6, 6.07) is 6.91.